The van der Waals surface area contributed by atoms with Crippen LogP contribution >= 0.6 is 0 Å². The van der Waals surface area contributed by atoms with Gasteiger partial charge in [0.15, 0.2) is 11.5 Å². The van der Waals surface area contributed by atoms with Gasteiger partial charge in [-0.05, 0) is 50.1 Å². The van der Waals surface area contributed by atoms with Gasteiger partial charge in [0.25, 0.3) is 0 Å². The Kier molecular flexibility index (Phi) is 8.14. The van der Waals surface area contributed by atoms with Gasteiger partial charge in [-0.15, -0.1) is 0 Å². The molecule has 28 heavy (non-hydrogen) atoms. The van der Waals surface area contributed by atoms with Crippen molar-refractivity contribution < 1.29 is 23.8 Å². The first-order chi connectivity index (χ1) is 13.6. The Hall–Kier alpha value is -3.22. The number of carbonyl (C=O) groups is 2. The Bertz CT molecular complexity index is 807. The molecule has 0 bridgehead atoms. The fourth-order valence-electron chi connectivity index (χ4n) is 2.61. The number of urea groups is 1. The van der Waals surface area contributed by atoms with Gasteiger partial charge in [0.05, 0.1) is 31.6 Å². The SMILES string of the molecule is CCOC(=O)c1ccccc1NC(=O)NCCc1ccc(OCC)c(OC)c1. The van der Waals surface area contributed by atoms with Gasteiger partial charge in [0.2, 0.25) is 0 Å². The molecule has 0 heterocycles. The molecule has 0 aromatic heterocycles. The molecule has 0 aliphatic carbocycles. The normalized spacial score (nSPS) is 10.1. The second kappa shape index (κ2) is 10.8. The highest BCUT2D eigenvalue weighted by Crippen LogP contribution is 2.28. The molecule has 2 aromatic carbocycles. The minimum atomic E-state index is -0.472. The first-order valence-electron chi connectivity index (χ1n) is 9.19. The summed E-state index contributed by atoms with van der Waals surface area (Å²) in [5, 5.41) is 5.47. The van der Waals surface area contributed by atoms with Gasteiger partial charge in [-0.1, -0.05) is 18.2 Å². The molecule has 0 unspecified atom stereocenters. The van der Waals surface area contributed by atoms with Crippen LogP contribution in [0.15, 0.2) is 42.5 Å². The monoisotopic (exact) mass is 386 g/mol. The van der Waals surface area contributed by atoms with E-state index in [0.29, 0.717) is 42.3 Å². The number of anilines is 1. The molecule has 150 valence electrons. The Labute approximate surface area is 165 Å². The van der Waals surface area contributed by atoms with Gasteiger partial charge in [-0.25, -0.2) is 9.59 Å². The van der Waals surface area contributed by atoms with Crippen molar-refractivity contribution >= 4 is 17.7 Å². The van der Waals surface area contributed by atoms with Crippen molar-refractivity contribution in [2.24, 2.45) is 0 Å². The standard InChI is InChI=1S/C21H26N2O5/c1-4-27-18-11-10-15(14-19(18)26-3)12-13-22-21(25)23-17-9-7-6-8-16(17)20(24)28-5-2/h6-11,14H,4-5,12-13H2,1-3H3,(H2,22,23,25). The number of hydrogen-bond acceptors (Lipinski definition) is 5. The minimum absolute atomic E-state index is 0.269. The van der Waals surface area contributed by atoms with Crippen LogP contribution in [0.4, 0.5) is 10.5 Å². The summed E-state index contributed by atoms with van der Waals surface area (Å²) < 4.78 is 15.8. The van der Waals surface area contributed by atoms with Crippen LogP contribution in [0.3, 0.4) is 0 Å². The average Bonchev–Trinajstić information content (AvgIpc) is 2.69. The zero-order valence-corrected chi connectivity index (χ0v) is 16.4. The van der Waals surface area contributed by atoms with Crippen LogP contribution < -0.4 is 20.1 Å². The molecule has 7 heteroatoms. The number of esters is 1. The number of para-hydroxylation sites is 1. The molecule has 2 N–H and O–H groups in total. The summed E-state index contributed by atoms with van der Waals surface area (Å²) in [6.07, 6.45) is 0.621. The van der Waals surface area contributed by atoms with Crippen LogP contribution in [0.5, 0.6) is 11.5 Å². The summed E-state index contributed by atoms with van der Waals surface area (Å²) in [4.78, 5) is 24.1. The summed E-state index contributed by atoms with van der Waals surface area (Å²) in [5.41, 5.74) is 1.73. The summed E-state index contributed by atoms with van der Waals surface area (Å²) in [6.45, 7) is 4.90. The van der Waals surface area contributed by atoms with E-state index in [2.05, 4.69) is 10.6 Å². The van der Waals surface area contributed by atoms with Crippen molar-refractivity contribution in [2.75, 3.05) is 32.2 Å². The molecule has 2 rings (SSSR count). The lowest BCUT2D eigenvalue weighted by atomic mass is 10.1. The number of hydrogen-bond donors (Lipinski definition) is 2. The number of methoxy groups -OCH3 is 1. The second-order valence-electron chi connectivity index (χ2n) is 5.82. The zero-order chi connectivity index (χ0) is 20.4. The van der Waals surface area contributed by atoms with Crippen LogP contribution in [-0.4, -0.2) is 38.9 Å². The van der Waals surface area contributed by atoms with Crippen LogP contribution in [0.1, 0.15) is 29.8 Å². The van der Waals surface area contributed by atoms with Crippen molar-refractivity contribution in [1.82, 2.24) is 5.32 Å². The molecule has 7 nitrogen and oxygen atoms in total. The number of carbonyl (C=O) groups excluding carboxylic acids is 2. The number of nitrogens with one attached hydrogen (secondary N) is 2. The lowest BCUT2D eigenvalue weighted by Crippen LogP contribution is -2.31. The zero-order valence-electron chi connectivity index (χ0n) is 16.4. The third-order valence-corrected chi connectivity index (χ3v) is 3.90. The second-order valence-corrected chi connectivity index (χ2v) is 5.82. The van der Waals surface area contributed by atoms with Crippen LogP contribution in [0, 0.1) is 0 Å². The maximum absolute atomic E-state index is 12.2. The summed E-state index contributed by atoms with van der Waals surface area (Å²) >= 11 is 0. The lowest BCUT2D eigenvalue weighted by molar-refractivity contribution is 0.0527. The van der Waals surface area contributed by atoms with Crippen LogP contribution in [0.2, 0.25) is 0 Å². The van der Waals surface area contributed by atoms with Crippen molar-refractivity contribution in [3.8, 4) is 11.5 Å². The van der Waals surface area contributed by atoms with E-state index in [0.717, 1.165) is 5.56 Å². The van der Waals surface area contributed by atoms with E-state index in [1.165, 1.54) is 0 Å². The van der Waals surface area contributed by atoms with E-state index in [4.69, 9.17) is 14.2 Å². The molecule has 0 fully saturated rings. The van der Waals surface area contributed by atoms with Crippen molar-refractivity contribution in [3.05, 3.63) is 53.6 Å². The maximum atomic E-state index is 12.2. The van der Waals surface area contributed by atoms with Crippen molar-refractivity contribution in [2.45, 2.75) is 20.3 Å². The average molecular weight is 386 g/mol. The molecule has 2 aromatic rings. The molecule has 0 radical (unpaired) electrons. The van der Waals surface area contributed by atoms with E-state index in [-0.39, 0.29) is 6.61 Å². The molecule has 0 atom stereocenters. The predicted octanol–water partition coefficient (Wildman–Crippen LogP) is 3.63. The van der Waals surface area contributed by atoms with E-state index >= 15 is 0 Å². The van der Waals surface area contributed by atoms with E-state index in [9.17, 15) is 9.59 Å². The topological polar surface area (TPSA) is 85.9 Å². The predicted molar refractivity (Wildman–Crippen MR) is 107 cm³/mol. The molecular formula is C21H26N2O5. The first kappa shape index (κ1) is 21.1. The number of rotatable bonds is 9. The third kappa shape index (κ3) is 5.90. The summed E-state index contributed by atoms with van der Waals surface area (Å²) in [7, 11) is 1.59. The van der Waals surface area contributed by atoms with Gasteiger partial charge >= 0.3 is 12.0 Å². The molecule has 2 amide bonds. The molecule has 0 saturated carbocycles. The van der Waals surface area contributed by atoms with Gasteiger partial charge in [-0.3, -0.25) is 0 Å². The Morgan fingerprint density at radius 3 is 2.50 bits per heavy atom. The molecule has 0 spiro atoms. The van der Waals surface area contributed by atoms with Crippen LogP contribution in [0.25, 0.3) is 0 Å². The number of ether oxygens (including phenoxy) is 3. The Morgan fingerprint density at radius 1 is 1.00 bits per heavy atom. The highest BCUT2D eigenvalue weighted by atomic mass is 16.5. The largest absolute Gasteiger partial charge is 0.493 e. The molecule has 0 saturated heterocycles. The van der Waals surface area contributed by atoms with E-state index in [1.54, 1.807) is 38.3 Å². The fourth-order valence-corrected chi connectivity index (χ4v) is 2.61. The molecular weight excluding hydrogens is 360 g/mol. The Balaban J connectivity index is 1.91. The van der Waals surface area contributed by atoms with Gasteiger partial charge < -0.3 is 24.8 Å². The smallest absolute Gasteiger partial charge is 0.340 e. The van der Waals surface area contributed by atoms with Gasteiger partial charge in [0, 0.05) is 6.54 Å². The quantitative estimate of drug-likeness (QED) is 0.643. The van der Waals surface area contributed by atoms with E-state index in [1.807, 2.05) is 25.1 Å². The highest BCUT2D eigenvalue weighted by molar-refractivity contribution is 6.00. The van der Waals surface area contributed by atoms with Gasteiger partial charge in [0.1, 0.15) is 0 Å². The van der Waals surface area contributed by atoms with Gasteiger partial charge in [-0.2, -0.15) is 0 Å². The van der Waals surface area contributed by atoms with Crippen LogP contribution in [-0.2, 0) is 11.2 Å². The summed E-state index contributed by atoms with van der Waals surface area (Å²) in [5.74, 6) is 0.877. The highest BCUT2D eigenvalue weighted by Gasteiger charge is 2.13. The number of benzene rings is 2. The maximum Gasteiger partial charge on any atom is 0.340 e. The Morgan fingerprint density at radius 2 is 1.79 bits per heavy atom. The first-order valence-corrected chi connectivity index (χ1v) is 9.19. The lowest BCUT2D eigenvalue weighted by Gasteiger charge is -2.12. The van der Waals surface area contributed by atoms with Crippen molar-refractivity contribution in [1.29, 1.82) is 0 Å². The minimum Gasteiger partial charge on any atom is -0.493 e. The number of amides is 2. The van der Waals surface area contributed by atoms with Crippen molar-refractivity contribution in [3.63, 3.8) is 0 Å². The fraction of sp³-hybridized carbons (Fsp3) is 0.333. The molecule has 0 aliphatic heterocycles. The summed E-state index contributed by atoms with van der Waals surface area (Å²) in [6, 6.07) is 12.0. The third-order valence-electron chi connectivity index (χ3n) is 3.90. The molecule has 0 aliphatic rings. The van der Waals surface area contributed by atoms with E-state index < -0.39 is 12.0 Å².